The summed E-state index contributed by atoms with van der Waals surface area (Å²) in [6.45, 7) is 9.42. The second-order valence-corrected chi connectivity index (χ2v) is 9.29. The van der Waals surface area contributed by atoms with E-state index in [9.17, 15) is 5.11 Å². The number of rotatable bonds is 4. The molecule has 1 heterocycles. The van der Waals surface area contributed by atoms with Crippen molar-refractivity contribution >= 4 is 0 Å². The van der Waals surface area contributed by atoms with Crippen molar-refractivity contribution in [1.29, 1.82) is 0 Å². The van der Waals surface area contributed by atoms with E-state index in [0.717, 1.165) is 16.9 Å². The molecule has 150 valence electrons. The van der Waals surface area contributed by atoms with E-state index in [4.69, 9.17) is 4.74 Å². The molecule has 2 heteroatoms. The first-order valence-corrected chi connectivity index (χ1v) is 10.4. The van der Waals surface area contributed by atoms with Crippen LogP contribution in [0.3, 0.4) is 0 Å². The van der Waals surface area contributed by atoms with Gasteiger partial charge in [0.15, 0.2) is 0 Å². The Morgan fingerprint density at radius 3 is 1.97 bits per heavy atom. The number of fused-ring (bicyclic) bond motifs is 1. The molecule has 0 radical (unpaired) electrons. The van der Waals surface area contributed by atoms with Crippen molar-refractivity contribution in [2.24, 2.45) is 0 Å². The maximum absolute atomic E-state index is 12.0. The molecule has 0 spiro atoms. The zero-order valence-electron chi connectivity index (χ0n) is 17.8. The van der Waals surface area contributed by atoms with Crippen molar-refractivity contribution < 1.29 is 9.84 Å². The monoisotopic (exact) mass is 386 g/mol. The molecular formula is C27H30O2. The van der Waals surface area contributed by atoms with Gasteiger partial charge in [0, 0.05) is 17.0 Å². The summed E-state index contributed by atoms with van der Waals surface area (Å²) in [5.41, 5.74) is 4.50. The second kappa shape index (κ2) is 7.35. The molecule has 0 amide bonds. The molecule has 0 aliphatic carbocycles. The van der Waals surface area contributed by atoms with Gasteiger partial charge in [-0.05, 0) is 29.9 Å². The lowest BCUT2D eigenvalue weighted by atomic mass is 9.76. The Balaban J connectivity index is 1.78. The van der Waals surface area contributed by atoms with Crippen LogP contribution in [0.5, 0.6) is 5.75 Å². The summed E-state index contributed by atoms with van der Waals surface area (Å²) in [7, 11) is 0. The van der Waals surface area contributed by atoms with Gasteiger partial charge in [0.25, 0.3) is 0 Å². The van der Waals surface area contributed by atoms with Gasteiger partial charge in [-0.1, -0.05) is 99.1 Å². The third kappa shape index (κ3) is 3.70. The van der Waals surface area contributed by atoms with Gasteiger partial charge in [0.05, 0.1) is 6.61 Å². The molecule has 1 N–H and O–H groups in total. The Morgan fingerprint density at radius 1 is 0.897 bits per heavy atom. The summed E-state index contributed by atoms with van der Waals surface area (Å²) < 4.78 is 6.23. The summed E-state index contributed by atoms with van der Waals surface area (Å²) in [5.74, 6) is 1.15. The van der Waals surface area contributed by atoms with E-state index in [1.165, 1.54) is 16.7 Å². The number of hydrogen-bond donors (Lipinski definition) is 1. The molecule has 0 fully saturated rings. The third-order valence-electron chi connectivity index (χ3n) is 5.98. The minimum atomic E-state index is -1.07. The Labute approximate surface area is 174 Å². The molecule has 1 unspecified atom stereocenters. The Hall–Kier alpha value is -2.58. The average molecular weight is 387 g/mol. The van der Waals surface area contributed by atoms with Crippen LogP contribution in [0.25, 0.3) is 0 Å². The fourth-order valence-corrected chi connectivity index (χ4v) is 4.45. The van der Waals surface area contributed by atoms with Crippen LogP contribution in [0, 0.1) is 6.92 Å². The largest absolute Gasteiger partial charge is 0.492 e. The van der Waals surface area contributed by atoms with Gasteiger partial charge in [-0.3, -0.25) is 0 Å². The summed E-state index contributed by atoms with van der Waals surface area (Å²) in [4.78, 5) is 0. The van der Waals surface area contributed by atoms with E-state index in [0.29, 0.717) is 13.0 Å². The molecule has 0 saturated carbocycles. The molecule has 1 aliphatic heterocycles. The van der Waals surface area contributed by atoms with Crippen LogP contribution < -0.4 is 4.74 Å². The maximum atomic E-state index is 12.0. The van der Waals surface area contributed by atoms with Gasteiger partial charge < -0.3 is 9.84 Å². The lowest BCUT2D eigenvalue weighted by molar-refractivity contribution is 0.0599. The van der Waals surface area contributed by atoms with Crippen LogP contribution in [0.2, 0.25) is 0 Å². The highest BCUT2D eigenvalue weighted by Crippen LogP contribution is 2.47. The van der Waals surface area contributed by atoms with Crippen molar-refractivity contribution in [3.63, 3.8) is 0 Å². The van der Waals surface area contributed by atoms with Gasteiger partial charge in [-0.25, -0.2) is 0 Å². The molecular weight excluding hydrogens is 356 g/mol. The van der Waals surface area contributed by atoms with Crippen LogP contribution in [-0.2, 0) is 11.0 Å². The third-order valence-corrected chi connectivity index (χ3v) is 5.98. The van der Waals surface area contributed by atoms with Gasteiger partial charge in [0.2, 0.25) is 0 Å². The van der Waals surface area contributed by atoms with Crippen LogP contribution in [-0.4, -0.2) is 11.7 Å². The number of hydrogen-bond acceptors (Lipinski definition) is 2. The fourth-order valence-electron chi connectivity index (χ4n) is 4.45. The quantitative estimate of drug-likeness (QED) is 0.587. The topological polar surface area (TPSA) is 29.5 Å². The highest BCUT2D eigenvalue weighted by Gasteiger charge is 2.39. The number of benzene rings is 3. The Kier molecular flexibility index (Phi) is 5.00. The second-order valence-electron chi connectivity index (χ2n) is 9.29. The average Bonchev–Trinajstić information content (AvgIpc) is 3.10. The molecule has 0 saturated heterocycles. The van der Waals surface area contributed by atoms with Crippen LogP contribution in [0.4, 0.5) is 0 Å². The van der Waals surface area contributed by atoms with E-state index in [2.05, 4.69) is 39.8 Å². The highest BCUT2D eigenvalue weighted by molar-refractivity contribution is 5.52. The van der Waals surface area contributed by atoms with Gasteiger partial charge in [0.1, 0.15) is 11.4 Å². The summed E-state index contributed by atoms with van der Waals surface area (Å²) in [5, 5.41) is 12.0. The Morgan fingerprint density at radius 2 is 1.45 bits per heavy atom. The van der Waals surface area contributed by atoms with E-state index >= 15 is 0 Å². The Bertz CT molecular complexity index is 945. The van der Waals surface area contributed by atoms with Gasteiger partial charge in [-0.15, -0.1) is 0 Å². The minimum Gasteiger partial charge on any atom is -0.492 e. The van der Waals surface area contributed by atoms with Gasteiger partial charge >= 0.3 is 0 Å². The zero-order valence-corrected chi connectivity index (χ0v) is 17.8. The van der Waals surface area contributed by atoms with E-state index in [-0.39, 0.29) is 11.3 Å². The number of aliphatic hydroxyl groups is 1. The molecule has 4 rings (SSSR count). The van der Waals surface area contributed by atoms with E-state index in [1.807, 2.05) is 60.7 Å². The predicted molar refractivity (Wildman–Crippen MR) is 119 cm³/mol. The normalized spacial score (nSPS) is 16.4. The summed E-state index contributed by atoms with van der Waals surface area (Å²) in [6.07, 6.45) is 0.584. The smallest absolute Gasteiger partial charge is 0.126 e. The standard InChI is InChI=1S/C27H30O2/c1-19-15-23-20(18-29-25(23)24(16-19)26(2,3)4)17-27(28,21-11-7-5-8-12-21)22-13-9-6-10-14-22/h5-16,20,28H,17-18H2,1-4H3. The number of aryl methyl sites for hydroxylation is 1. The lowest BCUT2D eigenvalue weighted by Gasteiger charge is -2.32. The van der Waals surface area contributed by atoms with Crippen molar-refractivity contribution in [3.8, 4) is 5.75 Å². The molecule has 29 heavy (non-hydrogen) atoms. The molecule has 2 nitrogen and oxygen atoms in total. The van der Waals surface area contributed by atoms with Crippen LogP contribution in [0.1, 0.15) is 60.9 Å². The molecule has 3 aromatic carbocycles. The van der Waals surface area contributed by atoms with Crippen LogP contribution >= 0.6 is 0 Å². The van der Waals surface area contributed by atoms with Gasteiger partial charge in [-0.2, -0.15) is 0 Å². The maximum Gasteiger partial charge on any atom is 0.126 e. The fraction of sp³-hybridized carbons (Fsp3) is 0.333. The predicted octanol–water partition coefficient (Wildman–Crippen LogP) is 6.09. The SMILES string of the molecule is Cc1cc2c(c(C(C)(C)C)c1)OCC2CC(O)(c1ccccc1)c1ccccc1. The molecule has 1 aliphatic rings. The molecule has 3 aromatic rings. The summed E-state index contributed by atoms with van der Waals surface area (Å²) >= 11 is 0. The van der Waals surface area contributed by atoms with Crippen molar-refractivity contribution in [2.45, 2.75) is 51.0 Å². The molecule has 0 bridgehead atoms. The van der Waals surface area contributed by atoms with Crippen molar-refractivity contribution in [3.05, 3.63) is 101 Å². The minimum absolute atomic E-state index is 0.0140. The highest BCUT2D eigenvalue weighted by atomic mass is 16.5. The summed E-state index contributed by atoms with van der Waals surface area (Å²) in [6, 6.07) is 24.5. The first kappa shape index (κ1) is 19.7. The lowest BCUT2D eigenvalue weighted by Crippen LogP contribution is -2.30. The van der Waals surface area contributed by atoms with Crippen molar-refractivity contribution in [2.75, 3.05) is 6.61 Å². The molecule has 0 aromatic heterocycles. The van der Waals surface area contributed by atoms with E-state index < -0.39 is 5.60 Å². The molecule has 1 atom stereocenters. The number of ether oxygens (including phenoxy) is 1. The zero-order chi connectivity index (χ0) is 20.6. The first-order valence-electron chi connectivity index (χ1n) is 10.4. The van der Waals surface area contributed by atoms with Crippen LogP contribution in [0.15, 0.2) is 72.8 Å². The van der Waals surface area contributed by atoms with E-state index in [1.54, 1.807) is 0 Å². The van der Waals surface area contributed by atoms with Crippen molar-refractivity contribution in [1.82, 2.24) is 0 Å². The first-order chi connectivity index (χ1) is 13.8.